The molecule has 0 radical (unpaired) electrons. The predicted molar refractivity (Wildman–Crippen MR) is 75.6 cm³/mol. The number of ketones is 1. The average molecular weight is 304 g/mol. The molecule has 112 valence electrons. The monoisotopic (exact) mass is 304 g/mol. The average Bonchev–Trinajstić information content (AvgIpc) is 2.90. The molecule has 0 aliphatic carbocycles. The number of rotatable bonds is 2. The summed E-state index contributed by atoms with van der Waals surface area (Å²) in [6.45, 7) is 1.46. The Bertz CT molecular complexity index is 848. The molecule has 0 unspecified atom stereocenters. The summed E-state index contributed by atoms with van der Waals surface area (Å²) in [4.78, 5) is 14.7. The van der Waals surface area contributed by atoms with E-state index in [4.69, 9.17) is 0 Å². The van der Waals surface area contributed by atoms with E-state index in [2.05, 4.69) is 4.98 Å². The number of carbonyl (C=O) groups excluding carboxylic acids is 1. The molecule has 0 N–H and O–H groups in total. The van der Waals surface area contributed by atoms with Crippen molar-refractivity contribution in [2.24, 2.45) is 0 Å². The number of nitrogens with zero attached hydrogens (tertiary/aromatic N) is 2. The highest BCUT2D eigenvalue weighted by atomic mass is 19.4. The van der Waals surface area contributed by atoms with Gasteiger partial charge in [0.2, 0.25) is 5.82 Å². The van der Waals surface area contributed by atoms with Gasteiger partial charge in [-0.1, -0.05) is 30.3 Å². The first-order valence-corrected chi connectivity index (χ1v) is 6.52. The molecular weight excluding hydrogens is 293 g/mol. The number of imidazole rings is 1. The lowest BCUT2D eigenvalue weighted by molar-refractivity contribution is -0.145. The fraction of sp³-hybridized carbons (Fsp3) is 0.125. The van der Waals surface area contributed by atoms with Gasteiger partial charge in [0.05, 0.1) is 11.7 Å². The van der Waals surface area contributed by atoms with Gasteiger partial charge in [-0.05, 0) is 24.1 Å². The maximum absolute atomic E-state index is 12.9. The Kier molecular flexibility index (Phi) is 3.24. The fourth-order valence-electron chi connectivity index (χ4n) is 2.27. The number of benzene rings is 1. The van der Waals surface area contributed by atoms with Gasteiger partial charge in [-0.25, -0.2) is 4.98 Å². The Labute approximate surface area is 124 Å². The number of halogens is 3. The van der Waals surface area contributed by atoms with Gasteiger partial charge in [-0.3, -0.25) is 9.20 Å². The number of Topliss-reactive ketones (excluding diaryl/α,β-unsaturated/α-hetero) is 1. The molecule has 22 heavy (non-hydrogen) atoms. The van der Waals surface area contributed by atoms with Gasteiger partial charge < -0.3 is 0 Å². The maximum atomic E-state index is 12.9. The smallest absolute Gasteiger partial charge is 0.296 e. The van der Waals surface area contributed by atoms with Crippen molar-refractivity contribution >= 4 is 11.3 Å². The van der Waals surface area contributed by atoms with Crippen molar-refractivity contribution in [2.45, 2.75) is 13.1 Å². The SMILES string of the molecule is CC(=O)c1ccc(-c2ccc3cnc(C(F)(F)F)n3c2)cc1. The van der Waals surface area contributed by atoms with Crippen molar-refractivity contribution in [3.8, 4) is 11.1 Å². The van der Waals surface area contributed by atoms with E-state index in [-0.39, 0.29) is 5.78 Å². The lowest BCUT2D eigenvalue weighted by atomic mass is 10.0. The first-order chi connectivity index (χ1) is 10.4. The molecule has 0 aliphatic heterocycles. The van der Waals surface area contributed by atoms with Crippen molar-refractivity contribution in [2.75, 3.05) is 0 Å². The second-order valence-corrected chi connectivity index (χ2v) is 4.93. The van der Waals surface area contributed by atoms with Crippen LogP contribution >= 0.6 is 0 Å². The van der Waals surface area contributed by atoms with Gasteiger partial charge in [-0.15, -0.1) is 0 Å². The zero-order chi connectivity index (χ0) is 15.9. The van der Waals surface area contributed by atoms with Gasteiger partial charge in [0.15, 0.2) is 5.78 Å². The molecule has 2 aromatic heterocycles. The number of alkyl halides is 3. The Morgan fingerprint density at radius 2 is 1.68 bits per heavy atom. The van der Waals surface area contributed by atoms with Crippen LogP contribution in [0.4, 0.5) is 13.2 Å². The quantitative estimate of drug-likeness (QED) is 0.664. The molecule has 0 spiro atoms. The minimum absolute atomic E-state index is 0.0593. The van der Waals surface area contributed by atoms with Crippen LogP contribution in [-0.4, -0.2) is 15.2 Å². The number of fused-ring (bicyclic) bond motifs is 1. The highest BCUT2D eigenvalue weighted by molar-refractivity contribution is 5.94. The summed E-state index contributed by atoms with van der Waals surface area (Å²) in [7, 11) is 0. The van der Waals surface area contributed by atoms with Crippen LogP contribution in [0.15, 0.2) is 48.8 Å². The highest BCUT2D eigenvalue weighted by Gasteiger charge is 2.35. The van der Waals surface area contributed by atoms with Crippen molar-refractivity contribution in [1.29, 1.82) is 0 Å². The third kappa shape index (κ3) is 2.47. The van der Waals surface area contributed by atoms with Gasteiger partial charge in [0, 0.05) is 11.8 Å². The van der Waals surface area contributed by atoms with Crippen LogP contribution in [0.5, 0.6) is 0 Å². The Hall–Kier alpha value is -2.63. The molecule has 3 rings (SSSR count). The number of hydrogen-bond acceptors (Lipinski definition) is 2. The first kappa shape index (κ1) is 14.3. The second-order valence-electron chi connectivity index (χ2n) is 4.93. The number of pyridine rings is 1. The molecule has 3 aromatic rings. The van der Waals surface area contributed by atoms with Crippen molar-refractivity contribution < 1.29 is 18.0 Å². The maximum Gasteiger partial charge on any atom is 0.450 e. The lowest BCUT2D eigenvalue weighted by Gasteiger charge is -2.08. The van der Waals surface area contributed by atoms with Crippen molar-refractivity contribution in [3.05, 3.63) is 60.2 Å². The summed E-state index contributed by atoms with van der Waals surface area (Å²) in [6, 6.07) is 10.0. The third-order valence-electron chi connectivity index (χ3n) is 3.41. The van der Waals surface area contributed by atoms with Gasteiger partial charge >= 0.3 is 6.18 Å². The minimum atomic E-state index is -4.51. The summed E-state index contributed by atoms with van der Waals surface area (Å²) >= 11 is 0. The van der Waals surface area contributed by atoms with Gasteiger partial charge in [0.25, 0.3) is 0 Å². The number of carbonyl (C=O) groups is 1. The van der Waals surface area contributed by atoms with E-state index >= 15 is 0 Å². The molecule has 6 heteroatoms. The summed E-state index contributed by atoms with van der Waals surface area (Å²) in [5.41, 5.74) is 2.28. The van der Waals surface area contributed by atoms with E-state index in [1.807, 2.05) is 0 Å². The molecule has 0 saturated carbocycles. The largest absolute Gasteiger partial charge is 0.450 e. The molecule has 0 bridgehead atoms. The number of hydrogen-bond donors (Lipinski definition) is 0. The molecule has 0 aliphatic rings. The molecule has 0 saturated heterocycles. The number of aromatic nitrogens is 2. The van der Waals surface area contributed by atoms with Gasteiger partial charge in [-0.2, -0.15) is 13.2 Å². The van der Waals surface area contributed by atoms with Crippen molar-refractivity contribution in [1.82, 2.24) is 9.38 Å². The molecular formula is C16H11F3N2O. The minimum Gasteiger partial charge on any atom is -0.296 e. The topological polar surface area (TPSA) is 34.4 Å². The zero-order valence-electron chi connectivity index (χ0n) is 11.6. The van der Waals surface area contributed by atoms with Crippen LogP contribution in [0.1, 0.15) is 23.1 Å². The Morgan fingerprint density at radius 1 is 1.05 bits per heavy atom. The standard InChI is InChI=1S/C16H11F3N2O/c1-10(22)11-2-4-12(5-3-11)13-6-7-14-8-20-15(16(17,18)19)21(14)9-13/h2-9H,1H3. The van der Waals surface area contributed by atoms with Crippen LogP contribution in [0.25, 0.3) is 16.6 Å². The van der Waals surface area contributed by atoms with Crippen LogP contribution in [-0.2, 0) is 6.18 Å². The van der Waals surface area contributed by atoms with Gasteiger partial charge in [0.1, 0.15) is 0 Å². The van der Waals surface area contributed by atoms with E-state index in [0.717, 1.165) is 9.96 Å². The predicted octanol–water partition coefficient (Wildman–Crippen LogP) is 4.22. The highest BCUT2D eigenvalue weighted by Crippen LogP contribution is 2.30. The van der Waals surface area contributed by atoms with Crippen LogP contribution in [0.3, 0.4) is 0 Å². The second kappa shape index (κ2) is 4.98. The summed E-state index contributed by atoms with van der Waals surface area (Å²) in [5.74, 6) is -1.01. The fourth-order valence-corrected chi connectivity index (χ4v) is 2.27. The molecule has 3 nitrogen and oxygen atoms in total. The molecule has 0 atom stereocenters. The Morgan fingerprint density at radius 3 is 2.27 bits per heavy atom. The molecule has 1 aromatic carbocycles. The van der Waals surface area contributed by atoms with Crippen LogP contribution in [0, 0.1) is 0 Å². The zero-order valence-corrected chi connectivity index (χ0v) is 11.6. The van der Waals surface area contributed by atoms with Crippen LogP contribution in [0.2, 0.25) is 0 Å². The van der Waals surface area contributed by atoms with E-state index in [1.54, 1.807) is 36.4 Å². The van der Waals surface area contributed by atoms with E-state index in [1.165, 1.54) is 19.3 Å². The molecule has 0 fully saturated rings. The summed E-state index contributed by atoms with van der Waals surface area (Å²) in [6.07, 6.45) is -1.93. The first-order valence-electron chi connectivity index (χ1n) is 6.52. The Balaban J connectivity index is 2.09. The van der Waals surface area contributed by atoms with E-state index in [0.29, 0.717) is 16.6 Å². The third-order valence-corrected chi connectivity index (χ3v) is 3.41. The molecule has 0 amide bonds. The van der Waals surface area contributed by atoms with Crippen LogP contribution < -0.4 is 0 Å². The van der Waals surface area contributed by atoms with Crippen molar-refractivity contribution in [3.63, 3.8) is 0 Å². The molecule has 2 heterocycles. The van der Waals surface area contributed by atoms with E-state index < -0.39 is 12.0 Å². The van der Waals surface area contributed by atoms with E-state index in [9.17, 15) is 18.0 Å². The summed E-state index contributed by atoms with van der Waals surface area (Å²) < 4.78 is 39.7. The lowest BCUT2D eigenvalue weighted by Crippen LogP contribution is -2.10. The summed E-state index contributed by atoms with van der Waals surface area (Å²) in [5, 5.41) is 0. The normalized spacial score (nSPS) is 11.8.